The number of nitriles is 1. The molecule has 13 nitrogen and oxygen atoms in total. The van der Waals surface area contributed by atoms with Gasteiger partial charge in [0.2, 0.25) is 12.7 Å². The Bertz CT molecular complexity index is 1760. The highest BCUT2D eigenvalue weighted by molar-refractivity contribution is 7.99. The van der Waals surface area contributed by atoms with E-state index in [0.717, 1.165) is 11.1 Å². The van der Waals surface area contributed by atoms with Gasteiger partial charge in [-0.3, -0.25) is 19.4 Å². The Balaban J connectivity index is 1.54. The number of ether oxygens (including phenoxy) is 5. The third-order valence-electron chi connectivity index (χ3n) is 10.0. The number of hydrogen-bond acceptors (Lipinski definition) is 13. The van der Waals surface area contributed by atoms with Gasteiger partial charge < -0.3 is 34.1 Å². The summed E-state index contributed by atoms with van der Waals surface area (Å²) >= 11 is 1.39. The van der Waals surface area contributed by atoms with Gasteiger partial charge in [-0.2, -0.15) is 5.26 Å². The lowest BCUT2D eigenvalue weighted by molar-refractivity contribution is -0.152. The highest BCUT2D eigenvalue weighted by atomic mass is 32.2. The maximum atomic E-state index is 13.4. The summed E-state index contributed by atoms with van der Waals surface area (Å²) in [7, 11) is 3.48. The molecule has 7 atom stereocenters. The van der Waals surface area contributed by atoms with Gasteiger partial charge in [0.15, 0.2) is 23.0 Å². The Kier molecular flexibility index (Phi) is 7.69. The number of cyclic esters (lactones) is 1. The molecule has 0 aliphatic carbocycles. The molecular weight excluding hydrogens is 628 g/mol. The van der Waals surface area contributed by atoms with Gasteiger partial charge in [-0.1, -0.05) is 6.07 Å². The number of nitrogens with one attached hydrogen (secondary N) is 1. The first-order valence-electron chi connectivity index (χ1n) is 15.5. The monoisotopic (exact) mass is 664 g/mol. The smallest absolute Gasteiger partial charge is 0.329 e. The van der Waals surface area contributed by atoms with Crippen molar-refractivity contribution in [2.45, 2.75) is 75.6 Å². The Morgan fingerprint density at radius 1 is 1.13 bits per heavy atom. The lowest BCUT2D eigenvalue weighted by Crippen LogP contribution is -2.69. The maximum absolute atomic E-state index is 13.4. The van der Waals surface area contributed by atoms with Crippen molar-refractivity contribution in [2.75, 3.05) is 33.3 Å². The van der Waals surface area contributed by atoms with Crippen LogP contribution in [0.1, 0.15) is 64.6 Å². The van der Waals surface area contributed by atoms with Crippen molar-refractivity contribution < 1.29 is 43.2 Å². The number of aryl methyl sites for hydroxylation is 1. The largest absolute Gasteiger partial charge is 0.504 e. The van der Waals surface area contributed by atoms with Crippen LogP contribution in [0.2, 0.25) is 0 Å². The van der Waals surface area contributed by atoms with Crippen molar-refractivity contribution >= 4 is 29.6 Å². The number of nitrogens with zero attached hydrogens (tertiary/aromatic N) is 3. The first-order valence-corrected chi connectivity index (χ1v) is 16.5. The minimum atomic E-state index is -0.948. The lowest BCUT2D eigenvalue weighted by Gasteiger charge is -2.61. The van der Waals surface area contributed by atoms with E-state index in [2.05, 4.69) is 21.2 Å². The number of phenols is 1. The number of amides is 1. The van der Waals surface area contributed by atoms with Gasteiger partial charge >= 0.3 is 11.9 Å². The molecule has 4 bridgehead atoms. The molecule has 5 heterocycles. The van der Waals surface area contributed by atoms with Gasteiger partial charge in [0.25, 0.3) is 0 Å². The molecule has 7 rings (SSSR count). The van der Waals surface area contributed by atoms with Gasteiger partial charge in [0, 0.05) is 53.9 Å². The van der Waals surface area contributed by atoms with Crippen LogP contribution in [-0.4, -0.2) is 90.2 Å². The summed E-state index contributed by atoms with van der Waals surface area (Å²) in [6, 6.07) is 1.02. The summed E-state index contributed by atoms with van der Waals surface area (Å²) in [5.74, 6) is 0.248. The lowest BCUT2D eigenvalue weighted by atomic mass is 9.71. The molecule has 248 valence electrons. The maximum Gasteiger partial charge on any atom is 0.329 e. The highest BCUT2D eigenvalue weighted by Gasteiger charge is 2.60. The van der Waals surface area contributed by atoms with Gasteiger partial charge in [-0.15, -0.1) is 11.8 Å². The van der Waals surface area contributed by atoms with E-state index in [4.69, 9.17) is 23.7 Å². The molecule has 5 aliphatic rings. The van der Waals surface area contributed by atoms with Crippen molar-refractivity contribution in [2.24, 2.45) is 0 Å². The minimum Gasteiger partial charge on any atom is -0.504 e. The molecule has 0 aromatic heterocycles. The van der Waals surface area contributed by atoms with Gasteiger partial charge in [-0.25, -0.2) is 4.79 Å². The van der Waals surface area contributed by atoms with Gasteiger partial charge in [-0.05, 0) is 38.4 Å². The molecule has 2 N–H and O–H groups in total. The summed E-state index contributed by atoms with van der Waals surface area (Å²) in [5.41, 5.74) is 4.30. The third kappa shape index (κ3) is 4.62. The first-order chi connectivity index (χ1) is 22.5. The van der Waals surface area contributed by atoms with Crippen LogP contribution >= 0.6 is 11.8 Å². The quantitative estimate of drug-likeness (QED) is 0.365. The SMILES string of the molecule is COc1c(C)cc2c(c1O)[C@H]1C3[C@@H]4SC[C@H](NC(C)=O)C(=O)OC[C@@H](c5c6c(c(C)c(OC(C)=O)c54)OCO6)N3[C@@H](C#N)[C@@H](C2)N1C. The number of phenolic OH excluding ortho intramolecular Hbond substituents is 1. The predicted octanol–water partition coefficient (Wildman–Crippen LogP) is 2.74. The van der Waals surface area contributed by atoms with E-state index in [0.29, 0.717) is 51.7 Å². The van der Waals surface area contributed by atoms with Crippen molar-refractivity contribution in [1.82, 2.24) is 15.1 Å². The number of thioether (sulfide) groups is 1. The molecule has 14 heteroatoms. The zero-order valence-corrected chi connectivity index (χ0v) is 27.7. The number of hydrogen-bond donors (Lipinski definition) is 2. The van der Waals surface area contributed by atoms with E-state index < -0.39 is 47.4 Å². The molecule has 47 heavy (non-hydrogen) atoms. The second-order valence-electron chi connectivity index (χ2n) is 12.6. The van der Waals surface area contributed by atoms with Crippen molar-refractivity contribution in [3.63, 3.8) is 0 Å². The Labute approximate surface area is 276 Å². The number of fused-ring (bicyclic) bond motifs is 9. The van der Waals surface area contributed by atoms with Crippen LogP contribution in [0.25, 0.3) is 0 Å². The topological polar surface area (TPSA) is 160 Å². The molecule has 2 fully saturated rings. The minimum absolute atomic E-state index is 0.0379. The molecule has 2 saturated heterocycles. The average molecular weight is 665 g/mol. The van der Waals surface area contributed by atoms with Crippen LogP contribution in [0.3, 0.4) is 0 Å². The standard InChI is InChI=1S/C33H36N4O9S/c1-13-7-17-8-19-20(9-34)37-21-10-43-33(41)18(35-15(3)38)11-47-32(26(37)25(36(19)5)22(17)27(40)28(13)42-6)24-23(21)31-30(44-12-45-31)14(2)29(24)46-16(4)39/h7,18-21,25-26,32,40H,8,10-12H2,1-6H3,(H,35,38)/t18-,19+,20-,21-,25-,26?,32+/m0/s1. The fourth-order valence-corrected chi connectivity index (χ4v) is 9.82. The Hall–Kier alpha value is -4.19. The molecule has 0 spiro atoms. The van der Waals surface area contributed by atoms with E-state index >= 15 is 0 Å². The molecule has 5 aliphatic heterocycles. The summed E-state index contributed by atoms with van der Waals surface area (Å²) in [6.45, 7) is 6.13. The first kappa shape index (κ1) is 31.4. The van der Waals surface area contributed by atoms with Crippen LogP contribution in [0.15, 0.2) is 6.07 Å². The average Bonchev–Trinajstić information content (AvgIpc) is 3.50. The van der Waals surface area contributed by atoms with E-state index in [9.17, 15) is 24.8 Å². The summed E-state index contributed by atoms with van der Waals surface area (Å²) in [6.07, 6.45) is 0.494. The van der Waals surface area contributed by atoms with Crippen molar-refractivity contribution in [3.8, 4) is 34.8 Å². The molecule has 1 unspecified atom stereocenters. The normalized spacial score (nSPS) is 29.0. The summed E-state index contributed by atoms with van der Waals surface area (Å²) in [4.78, 5) is 42.5. The highest BCUT2D eigenvalue weighted by Crippen LogP contribution is 2.64. The summed E-state index contributed by atoms with van der Waals surface area (Å²) < 4.78 is 29.6. The van der Waals surface area contributed by atoms with E-state index in [-0.39, 0.29) is 36.9 Å². The summed E-state index contributed by atoms with van der Waals surface area (Å²) in [5, 5.41) is 24.9. The molecule has 0 radical (unpaired) electrons. The number of likely N-dealkylation sites (N-methyl/N-ethyl adjacent to an activating group) is 1. The number of benzene rings is 2. The Morgan fingerprint density at radius 3 is 2.55 bits per heavy atom. The fraction of sp³-hybridized carbons (Fsp3) is 0.515. The van der Waals surface area contributed by atoms with E-state index in [1.54, 1.807) is 6.92 Å². The van der Waals surface area contributed by atoms with Crippen LogP contribution in [-0.2, 0) is 25.5 Å². The third-order valence-corrected chi connectivity index (χ3v) is 11.4. The molecule has 2 aromatic carbocycles. The molecule has 1 amide bonds. The van der Waals surface area contributed by atoms with Crippen molar-refractivity contribution in [1.29, 1.82) is 5.26 Å². The molecule has 0 saturated carbocycles. The predicted molar refractivity (Wildman–Crippen MR) is 168 cm³/mol. The Morgan fingerprint density at radius 2 is 1.87 bits per heavy atom. The number of rotatable bonds is 3. The number of aromatic hydroxyl groups is 1. The molecular formula is C33H36N4O9S. The van der Waals surface area contributed by atoms with Gasteiger partial charge in [0.1, 0.15) is 24.4 Å². The number of carbonyl (C=O) groups is 3. The van der Waals surface area contributed by atoms with Crippen LogP contribution < -0.4 is 24.3 Å². The number of carbonyl (C=O) groups excluding carboxylic acids is 3. The van der Waals surface area contributed by atoms with E-state index in [1.807, 2.05) is 20.0 Å². The van der Waals surface area contributed by atoms with Crippen LogP contribution in [0.5, 0.6) is 28.7 Å². The second kappa shape index (κ2) is 11.5. The zero-order valence-electron chi connectivity index (χ0n) is 26.9. The van der Waals surface area contributed by atoms with Gasteiger partial charge in [0.05, 0.1) is 30.5 Å². The second-order valence-corrected chi connectivity index (χ2v) is 13.8. The molecule has 2 aromatic rings. The fourth-order valence-electron chi connectivity index (χ4n) is 8.31. The van der Waals surface area contributed by atoms with Crippen LogP contribution in [0.4, 0.5) is 0 Å². The number of esters is 2. The van der Waals surface area contributed by atoms with E-state index in [1.165, 1.54) is 32.7 Å². The number of methoxy groups -OCH3 is 1. The van der Waals surface area contributed by atoms with Crippen LogP contribution in [0, 0.1) is 25.2 Å². The zero-order chi connectivity index (χ0) is 33.5. The number of piperazine rings is 1. The van der Waals surface area contributed by atoms with Crippen molar-refractivity contribution in [3.05, 3.63) is 39.4 Å².